The summed E-state index contributed by atoms with van der Waals surface area (Å²) in [6.45, 7) is 7.16. The van der Waals surface area contributed by atoms with Crippen molar-refractivity contribution >= 4 is 11.6 Å². The van der Waals surface area contributed by atoms with Crippen LogP contribution in [0, 0.1) is 20.8 Å². The van der Waals surface area contributed by atoms with Crippen LogP contribution in [-0.4, -0.2) is 25.7 Å². The lowest BCUT2D eigenvalue weighted by molar-refractivity contribution is -0.114. The number of amides is 1. The Morgan fingerprint density at radius 1 is 1.12 bits per heavy atom. The number of anilines is 1. The summed E-state index contributed by atoms with van der Waals surface area (Å²) in [7, 11) is 0. The predicted molar refractivity (Wildman–Crippen MR) is 94.2 cm³/mol. The number of aromatic nitrogens is 4. The van der Waals surface area contributed by atoms with Crippen molar-refractivity contribution in [1.29, 1.82) is 0 Å². The summed E-state index contributed by atoms with van der Waals surface area (Å²) in [5.74, 6) is 2.07. The SMILES string of the molecule is CC(=O)Nc1cccc(Oc2cc(-n3nc(C)cc3C)nc(C)n2)c1. The molecule has 0 spiro atoms. The molecule has 0 atom stereocenters. The van der Waals surface area contributed by atoms with Gasteiger partial charge in [0, 0.05) is 30.4 Å². The summed E-state index contributed by atoms with van der Waals surface area (Å²) >= 11 is 0. The number of carbonyl (C=O) groups is 1. The van der Waals surface area contributed by atoms with Gasteiger partial charge in [0.05, 0.1) is 5.69 Å². The average Bonchev–Trinajstić information content (AvgIpc) is 2.85. The van der Waals surface area contributed by atoms with Crippen LogP contribution in [0.4, 0.5) is 5.69 Å². The third-order valence-corrected chi connectivity index (χ3v) is 3.40. The Hall–Kier alpha value is -3.22. The molecule has 2 aromatic heterocycles. The fourth-order valence-corrected chi connectivity index (χ4v) is 2.51. The lowest BCUT2D eigenvalue weighted by Gasteiger charge is -2.10. The first-order valence-electron chi connectivity index (χ1n) is 7.85. The minimum atomic E-state index is -0.137. The fourth-order valence-electron chi connectivity index (χ4n) is 2.51. The Kier molecular flexibility index (Phi) is 4.47. The number of benzene rings is 1. The number of hydrogen-bond acceptors (Lipinski definition) is 5. The number of carbonyl (C=O) groups excluding carboxylic acids is 1. The van der Waals surface area contributed by atoms with Crippen LogP contribution in [-0.2, 0) is 4.79 Å². The van der Waals surface area contributed by atoms with E-state index in [-0.39, 0.29) is 5.91 Å². The van der Waals surface area contributed by atoms with E-state index < -0.39 is 0 Å². The highest BCUT2D eigenvalue weighted by Crippen LogP contribution is 2.24. The molecule has 0 aliphatic heterocycles. The monoisotopic (exact) mass is 337 g/mol. The summed E-state index contributed by atoms with van der Waals surface area (Å²) in [6.07, 6.45) is 0. The normalized spacial score (nSPS) is 10.6. The number of aryl methyl sites for hydroxylation is 3. The van der Waals surface area contributed by atoms with E-state index in [1.165, 1.54) is 6.92 Å². The van der Waals surface area contributed by atoms with E-state index in [1.54, 1.807) is 41.9 Å². The van der Waals surface area contributed by atoms with Gasteiger partial charge in [-0.1, -0.05) is 6.07 Å². The maximum absolute atomic E-state index is 11.2. The molecule has 0 unspecified atom stereocenters. The summed E-state index contributed by atoms with van der Waals surface area (Å²) in [4.78, 5) is 19.9. The van der Waals surface area contributed by atoms with Gasteiger partial charge < -0.3 is 10.1 Å². The van der Waals surface area contributed by atoms with Crippen molar-refractivity contribution in [2.75, 3.05) is 5.32 Å². The highest BCUT2D eigenvalue weighted by molar-refractivity contribution is 5.88. The molecule has 0 fully saturated rings. The number of nitrogens with zero attached hydrogens (tertiary/aromatic N) is 4. The Labute approximate surface area is 145 Å². The quantitative estimate of drug-likeness (QED) is 0.789. The van der Waals surface area contributed by atoms with Crippen LogP contribution < -0.4 is 10.1 Å². The summed E-state index contributed by atoms with van der Waals surface area (Å²) in [6, 6.07) is 10.8. The third-order valence-electron chi connectivity index (χ3n) is 3.40. The van der Waals surface area contributed by atoms with Crippen LogP contribution in [0.15, 0.2) is 36.4 Å². The van der Waals surface area contributed by atoms with E-state index in [2.05, 4.69) is 20.4 Å². The third kappa shape index (κ3) is 4.00. The van der Waals surface area contributed by atoms with Crippen LogP contribution in [0.5, 0.6) is 11.6 Å². The van der Waals surface area contributed by atoms with Crippen molar-refractivity contribution in [3.05, 3.63) is 53.6 Å². The van der Waals surface area contributed by atoms with Crippen molar-refractivity contribution in [2.45, 2.75) is 27.7 Å². The molecule has 0 saturated carbocycles. The molecular weight excluding hydrogens is 318 g/mol. The van der Waals surface area contributed by atoms with Crippen molar-refractivity contribution in [1.82, 2.24) is 19.7 Å². The van der Waals surface area contributed by atoms with Gasteiger partial charge in [-0.3, -0.25) is 4.79 Å². The van der Waals surface area contributed by atoms with E-state index in [0.29, 0.717) is 29.0 Å². The molecule has 0 aliphatic carbocycles. The second-order valence-corrected chi connectivity index (χ2v) is 5.76. The Bertz CT molecular complexity index is 933. The maximum atomic E-state index is 11.2. The standard InChI is InChI=1S/C18H19N5O2/c1-11-8-12(2)23(22-11)17-10-18(20-13(3)19-17)25-16-7-5-6-15(9-16)21-14(4)24/h5-10H,1-4H3,(H,21,24). The first-order valence-corrected chi connectivity index (χ1v) is 7.85. The summed E-state index contributed by atoms with van der Waals surface area (Å²) < 4.78 is 7.60. The largest absolute Gasteiger partial charge is 0.439 e. The zero-order valence-electron chi connectivity index (χ0n) is 14.6. The van der Waals surface area contributed by atoms with Crippen molar-refractivity contribution in [3.8, 4) is 17.4 Å². The van der Waals surface area contributed by atoms with Crippen molar-refractivity contribution < 1.29 is 9.53 Å². The maximum Gasteiger partial charge on any atom is 0.224 e. The first kappa shape index (κ1) is 16.6. The van der Waals surface area contributed by atoms with Gasteiger partial charge >= 0.3 is 0 Å². The molecule has 7 heteroatoms. The van der Waals surface area contributed by atoms with Gasteiger partial charge in [0.2, 0.25) is 11.8 Å². The van der Waals surface area contributed by atoms with E-state index in [0.717, 1.165) is 11.4 Å². The second-order valence-electron chi connectivity index (χ2n) is 5.76. The molecule has 2 heterocycles. The van der Waals surface area contributed by atoms with Gasteiger partial charge in [-0.15, -0.1) is 0 Å². The highest BCUT2D eigenvalue weighted by atomic mass is 16.5. The van der Waals surface area contributed by atoms with Crippen LogP contribution in [0.25, 0.3) is 5.82 Å². The van der Waals surface area contributed by atoms with Crippen LogP contribution in [0.2, 0.25) is 0 Å². The lowest BCUT2D eigenvalue weighted by Crippen LogP contribution is -2.06. The predicted octanol–water partition coefficient (Wildman–Crippen LogP) is 3.34. The molecular formula is C18H19N5O2. The van der Waals surface area contributed by atoms with Crippen LogP contribution in [0.3, 0.4) is 0 Å². The number of rotatable bonds is 4. The van der Waals surface area contributed by atoms with Crippen LogP contribution in [0.1, 0.15) is 24.1 Å². The molecule has 1 N–H and O–H groups in total. The fraction of sp³-hybridized carbons (Fsp3) is 0.222. The molecule has 128 valence electrons. The Morgan fingerprint density at radius 2 is 1.92 bits per heavy atom. The Morgan fingerprint density at radius 3 is 2.60 bits per heavy atom. The number of ether oxygens (including phenoxy) is 1. The minimum Gasteiger partial charge on any atom is -0.439 e. The molecule has 0 aliphatic rings. The van der Waals surface area contributed by atoms with Crippen LogP contribution >= 0.6 is 0 Å². The zero-order valence-corrected chi connectivity index (χ0v) is 14.6. The van der Waals surface area contributed by atoms with Gasteiger partial charge in [0.1, 0.15) is 11.6 Å². The second kappa shape index (κ2) is 6.72. The van der Waals surface area contributed by atoms with Crippen molar-refractivity contribution in [2.24, 2.45) is 0 Å². The topological polar surface area (TPSA) is 81.9 Å². The Balaban J connectivity index is 1.91. The molecule has 1 aromatic carbocycles. The summed E-state index contributed by atoms with van der Waals surface area (Å²) in [5.41, 5.74) is 2.56. The van der Waals surface area contributed by atoms with E-state index in [4.69, 9.17) is 4.74 Å². The molecule has 25 heavy (non-hydrogen) atoms. The molecule has 3 aromatic rings. The smallest absolute Gasteiger partial charge is 0.224 e. The van der Waals surface area contributed by atoms with Crippen molar-refractivity contribution in [3.63, 3.8) is 0 Å². The molecule has 1 amide bonds. The molecule has 7 nitrogen and oxygen atoms in total. The van der Waals surface area contributed by atoms with Gasteiger partial charge in [-0.05, 0) is 39.0 Å². The van der Waals surface area contributed by atoms with E-state index in [9.17, 15) is 4.79 Å². The number of nitrogens with one attached hydrogen (secondary N) is 1. The number of hydrogen-bond donors (Lipinski definition) is 1. The van der Waals surface area contributed by atoms with E-state index >= 15 is 0 Å². The van der Waals surface area contributed by atoms with Gasteiger partial charge in [-0.2, -0.15) is 10.1 Å². The molecule has 0 saturated heterocycles. The van der Waals surface area contributed by atoms with Gasteiger partial charge in [0.25, 0.3) is 0 Å². The zero-order chi connectivity index (χ0) is 18.0. The first-order chi connectivity index (χ1) is 11.9. The van der Waals surface area contributed by atoms with E-state index in [1.807, 2.05) is 19.9 Å². The minimum absolute atomic E-state index is 0.137. The molecule has 0 radical (unpaired) electrons. The molecule has 0 bridgehead atoms. The lowest BCUT2D eigenvalue weighted by atomic mass is 10.3. The van der Waals surface area contributed by atoms with Gasteiger partial charge in [-0.25, -0.2) is 9.67 Å². The summed E-state index contributed by atoms with van der Waals surface area (Å²) in [5, 5.41) is 7.16. The highest BCUT2D eigenvalue weighted by Gasteiger charge is 2.10. The molecule has 3 rings (SSSR count). The average molecular weight is 337 g/mol. The van der Waals surface area contributed by atoms with Gasteiger partial charge in [0.15, 0.2) is 5.82 Å².